The lowest BCUT2D eigenvalue weighted by Crippen LogP contribution is -2.10. The predicted octanol–water partition coefficient (Wildman–Crippen LogP) is 3.88. The molecule has 1 aliphatic carbocycles. The average molecular weight is 267 g/mol. The van der Waals surface area contributed by atoms with E-state index in [4.69, 9.17) is 0 Å². The summed E-state index contributed by atoms with van der Waals surface area (Å²) in [5.41, 5.74) is 3.54. The minimum atomic E-state index is 0.432. The van der Waals surface area contributed by atoms with Crippen LogP contribution in [0.3, 0.4) is 0 Å². The van der Waals surface area contributed by atoms with Crippen molar-refractivity contribution in [3.05, 3.63) is 53.3 Å². The molecular formula is C17H21N3. The van der Waals surface area contributed by atoms with Gasteiger partial charge in [-0.2, -0.15) is 0 Å². The summed E-state index contributed by atoms with van der Waals surface area (Å²) in [7, 11) is 0. The third kappa shape index (κ3) is 2.82. The van der Waals surface area contributed by atoms with Crippen LogP contribution in [0.25, 0.3) is 0 Å². The maximum atomic E-state index is 4.62. The molecule has 1 aromatic heterocycles. The fraction of sp³-hybridized carbons (Fsp3) is 0.412. The van der Waals surface area contributed by atoms with Gasteiger partial charge in [-0.25, -0.2) is 9.97 Å². The van der Waals surface area contributed by atoms with Gasteiger partial charge in [-0.1, -0.05) is 44.2 Å². The molecule has 3 rings (SSSR count). The van der Waals surface area contributed by atoms with Crippen LogP contribution in [0.1, 0.15) is 49.1 Å². The molecule has 1 aliphatic rings. The van der Waals surface area contributed by atoms with Crippen LogP contribution in [0.15, 0.2) is 36.4 Å². The largest absolute Gasteiger partial charge is 0.351 e. The Morgan fingerprint density at radius 1 is 1.15 bits per heavy atom. The topological polar surface area (TPSA) is 37.8 Å². The van der Waals surface area contributed by atoms with Crippen molar-refractivity contribution in [1.29, 1.82) is 0 Å². The van der Waals surface area contributed by atoms with Crippen LogP contribution in [0, 0.1) is 6.92 Å². The molecule has 1 saturated carbocycles. The van der Waals surface area contributed by atoms with Crippen LogP contribution in [0.4, 0.5) is 5.95 Å². The van der Waals surface area contributed by atoms with Crippen LogP contribution >= 0.6 is 0 Å². The first-order valence-corrected chi connectivity index (χ1v) is 7.30. The van der Waals surface area contributed by atoms with Gasteiger partial charge >= 0.3 is 0 Å². The second-order valence-corrected chi connectivity index (χ2v) is 5.92. The highest BCUT2D eigenvalue weighted by atomic mass is 15.1. The molecule has 1 N–H and O–H groups in total. The molecule has 2 aromatic rings. The zero-order valence-corrected chi connectivity index (χ0v) is 12.3. The number of benzene rings is 1. The van der Waals surface area contributed by atoms with E-state index in [-0.39, 0.29) is 0 Å². The Morgan fingerprint density at radius 2 is 1.90 bits per heavy atom. The number of nitrogens with zero attached hydrogens (tertiary/aromatic N) is 2. The van der Waals surface area contributed by atoms with Gasteiger partial charge in [0.05, 0.1) is 0 Å². The summed E-state index contributed by atoms with van der Waals surface area (Å²) < 4.78 is 0. The van der Waals surface area contributed by atoms with Crippen molar-refractivity contribution in [2.75, 3.05) is 5.32 Å². The number of anilines is 1. The molecule has 20 heavy (non-hydrogen) atoms. The van der Waals surface area contributed by atoms with Crippen LogP contribution in [0.2, 0.25) is 0 Å². The van der Waals surface area contributed by atoms with Gasteiger partial charge < -0.3 is 5.32 Å². The van der Waals surface area contributed by atoms with Crippen molar-refractivity contribution >= 4 is 5.95 Å². The van der Waals surface area contributed by atoms with Gasteiger partial charge in [-0.05, 0) is 30.9 Å². The molecule has 3 nitrogen and oxygen atoms in total. The Labute approximate surface area is 120 Å². The minimum Gasteiger partial charge on any atom is -0.351 e. The molecule has 104 valence electrons. The molecule has 3 heteroatoms. The van der Waals surface area contributed by atoms with E-state index in [0.717, 1.165) is 17.3 Å². The molecule has 0 bridgehead atoms. The summed E-state index contributed by atoms with van der Waals surface area (Å²) in [5.74, 6) is 1.81. The second kappa shape index (κ2) is 5.23. The SMILES string of the molecule is Cc1cc(C(C)C)nc(NC2CC2c2ccccc2)n1. The predicted molar refractivity (Wildman–Crippen MR) is 82.1 cm³/mol. The summed E-state index contributed by atoms with van der Waals surface area (Å²) in [6, 6.07) is 13.2. The molecule has 0 saturated heterocycles. The normalized spacial score (nSPS) is 21.0. The Bertz CT molecular complexity index is 592. The quantitative estimate of drug-likeness (QED) is 0.913. The average Bonchev–Trinajstić information content (AvgIpc) is 3.18. The first kappa shape index (κ1) is 13.1. The molecule has 0 amide bonds. The lowest BCUT2D eigenvalue weighted by Gasteiger charge is -2.10. The van der Waals surface area contributed by atoms with Crippen molar-refractivity contribution in [2.45, 2.75) is 45.1 Å². The molecule has 1 heterocycles. The smallest absolute Gasteiger partial charge is 0.223 e. The molecular weight excluding hydrogens is 246 g/mol. The number of aryl methyl sites for hydroxylation is 1. The van der Waals surface area contributed by atoms with Gasteiger partial charge in [0.25, 0.3) is 0 Å². The van der Waals surface area contributed by atoms with E-state index >= 15 is 0 Å². The van der Waals surface area contributed by atoms with E-state index in [0.29, 0.717) is 17.9 Å². The highest BCUT2D eigenvalue weighted by molar-refractivity contribution is 5.38. The summed E-state index contributed by atoms with van der Waals surface area (Å²) in [6.07, 6.45) is 1.17. The van der Waals surface area contributed by atoms with E-state index in [2.05, 4.69) is 65.5 Å². The lowest BCUT2D eigenvalue weighted by molar-refractivity contribution is 0.807. The van der Waals surface area contributed by atoms with Gasteiger partial charge in [-0.15, -0.1) is 0 Å². The maximum Gasteiger partial charge on any atom is 0.223 e. The third-order valence-electron chi connectivity index (χ3n) is 3.80. The van der Waals surface area contributed by atoms with Crippen molar-refractivity contribution in [3.8, 4) is 0 Å². The molecule has 0 radical (unpaired) electrons. The highest BCUT2D eigenvalue weighted by Crippen LogP contribution is 2.42. The monoisotopic (exact) mass is 267 g/mol. The van der Waals surface area contributed by atoms with E-state index in [9.17, 15) is 0 Å². The zero-order valence-electron chi connectivity index (χ0n) is 12.3. The van der Waals surface area contributed by atoms with Crippen molar-refractivity contribution in [1.82, 2.24) is 9.97 Å². The van der Waals surface area contributed by atoms with Gasteiger partial charge in [0, 0.05) is 23.3 Å². The van der Waals surface area contributed by atoms with E-state index in [1.54, 1.807) is 0 Å². The fourth-order valence-electron chi connectivity index (χ4n) is 2.54. The van der Waals surface area contributed by atoms with Crippen LogP contribution in [-0.2, 0) is 0 Å². The molecule has 0 spiro atoms. The van der Waals surface area contributed by atoms with Crippen LogP contribution in [-0.4, -0.2) is 16.0 Å². The number of aromatic nitrogens is 2. The number of hydrogen-bond donors (Lipinski definition) is 1. The molecule has 1 aromatic carbocycles. The Morgan fingerprint density at radius 3 is 2.60 bits per heavy atom. The molecule has 1 fully saturated rings. The maximum absolute atomic E-state index is 4.62. The second-order valence-electron chi connectivity index (χ2n) is 5.92. The van der Waals surface area contributed by atoms with Gasteiger partial charge in [0.15, 0.2) is 0 Å². The lowest BCUT2D eigenvalue weighted by atomic mass is 10.1. The zero-order chi connectivity index (χ0) is 14.1. The van der Waals surface area contributed by atoms with Crippen LogP contribution < -0.4 is 5.32 Å². The minimum absolute atomic E-state index is 0.432. The van der Waals surface area contributed by atoms with Crippen molar-refractivity contribution in [2.24, 2.45) is 0 Å². The van der Waals surface area contributed by atoms with Gasteiger partial charge in [0.2, 0.25) is 5.95 Å². The third-order valence-corrected chi connectivity index (χ3v) is 3.80. The summed E-state index contributed by atoms with van der Waals surface area (Å²) in [5, 5.41) is 3.48. The van der Waals surface area contributed by atoms with Gasteiger partial charge in [-0.3, -0.25) is 0 Å². The summed E-state index contributed by atoms with van der Waals surface area (Å²) >= 11 is 0. The number of nitrogens with one attached hydrogen (secondary N) is 1. The molecule has 2 atom stereocenters. The van der Waals surface area contributed by atoms with Crippen molar-refractivity contribution in [3.63, 3.8) is 0 Å². The number of hydrogen-bond acceptors (Lipinski definition) is 3. The summed E-state index contributed by atoms with van der Waals surface area (Å²) in [6.45, 7) is 6.35. The van der Waals surface area contributed by atoms with E-state index in [1.807, 2.05) is 6.92 Å². The Kier molecular flexibility index (Phi) is 3.43. The molecule has 0 aliphatic heterocycles. The first-order valence-electron chi connectivity index (χ1n) is 7.30. The molecule has 2 unspecified atom stereocenters. The van der Waals surface area contributed by atoms with E-state index in [1.165, 1.54) is 12.0 Å². The van der Waals surface area contributed by atoms with Crippen molar-refractivity contribution < 1.29 is 0 Å². The number of rotatable bonds is 4. The summed E-state index contributed by atoms with van der Waals surface area (Å²) in [4.78, 5) is 9.12. The first-order chi connectivity index (χ1) is 9.63. The Balaban J connectivity index is 1.71. The fourth-order valence-corrected chi connectivity index (χ4v) is 2.54. The Hall–Kier alpha value is -1.90. The standard InChI is InChI=1S/C17H21N3/c1-11(2)15-9-12(3)18-17(19-15)20-16-10-14(16)13-7-5-4-6-8-13/h4-9,11,14,16H,10H2,1-3H3,(H,18,19,20). The van der Waals surface area contributed by atoms with E-state index < -0.39 is 0 Å². The van der Waals surface area contributed by atoms with Gasteiger partial charge in [0.1, 0.15) is 0 Å². The highest BCUT2D eigenvalue weighted by Gasteiger charge is 2.38. The van der Waals surface area contributed by atoms with Crippen LogP contribution in [0.5, 0.6) is 0 Å².